The Balaban J connectivity index is 1.35. The van der Waals surface area contributed by atoms with Gasteiger partial charge in [0, 0.05) is 36.8 Å². The molecule has 2 aliphatic heterocycles. The summed E-state index contributed by atoms with van der Waals surface area (Å²) in [7, 11) is 0. The molecule has 164 valence electrons. The van der Waals surface area contributed by atoms with E-state index in [1.807, 2.05) is 0 Å². The van der Waals surface area contributed by atoms with Gasteiger partial charge in [-0.25, -0.2) is 4.39 Å². The van der Waals surface area contributed by atoms with Crippen molar-refractivity contribution in [3.8, 4) is 0 Å². The summed E-state index contributed by atoms with van der Waals surface area (Å²) in [6.45, 7) is 1.97. The van der Waals surface area contributed by atoms with Crippen molar-refractivity contribution in [1.29, 1.82) is 5.41 Å². The third kappa shape index (κ3) is 3.69. The number of nitrogens with zero attached hydrogens (tertiary/aromatic N) is 4. The van der Waals surface area contributed by atoms with Crippen LogP contribution in [0, 0.1) is 17.1 Å². The zero-order chi connectivity index (χ0) is 22.2. The molecular formula is C22H20ClFN6O2. The maximum absolute atomic E-state index is 13.7. The van der Waals surface area contributed by atoms with E-state index in [-0.39, 0.29) is 17.6 Å². The number of rotatable bonds is 5. The molecule has 1 amide bonds. The Morgan fingerprint density at radius 2 is 2.19 bits per heavy atom. The van der Waals surface area contributed by atoms with Crippen LogP contribution in [0.25, 0.3) is 11.1 Å². The van der Waals surface area contributed by atoms with Gasteiger partial charge in [0.2, 0.25) is 0 Å². The van der Waals surface area contributed by atoms with Crippen molar-refractivity contribution >= 4 is 52.7 Å². The quantitative estimate of drug-likeness (QED) is 0.448. The molecular weight excluding hydrogens is 435 g/mol. The molecule has 8 nitrogen and oxygen atoms in total. The van der Waals surface area contributed by atoms with Crippen LogP contribution in [-0.4, -0.2) is 53.9 Å². The van der Waals surface area contributed by atoms with Crippen molar-refractivity contribution in [2.75, 3.05) is 30.0 Å². The lowest BCUT2D eigenvalue weighted by molar-refractivity contribution is 0.0584. The SMILES string of the molecule is N=C/C=N\Nc1cc(F)ccc1C(=O)N1CCC2CN(c3nc4cc(Cl)ccc4o3)C2C1. The third-order valence-corrected chi connectivity index (χ3v) is 6.21. The molecule has 32 heavy (non-hydrogen) atoms. The zero-order valence-electron chi connectivity index (χ0n) is 17.0. The van der Waals surface area contributed by atoms with Crippen LogP contribution in [0.5, 0.6) is 0 Å². The van der Waals surface area contributed by atoms with E-state index in [2.05, 4.69) is 20.4 Å². The van der Waals surface area contributed by atoms with Gasteiger partial charge in [0.05, 0.1) is 23.5 Å². The second kappa shape index (κ2) is 8.23. The number of hydrogen-bond donors (Lipinski definition) is 2. The lowest BCUT2D eigenvalue weighted by atomic mass is 9.82. The number of benzene rings is 2. The second-order valence-electron chi connectivity index (χ2n) is 7.87. The van der Waals surface area contributed by atoms with Crippen LogP contribution in [0.1, 0.15) is 16.8 Å². The highest BCUT2D eigenvalue weighted by Crippen LogP contribution is 2.38. The standard InChI is InChI=1S/C22H20ClFN6O2/c23-14-1-4-20-18(9-14)27-22(32-20)30-11-13-5-8-29(12-19(13)30)21(31)16-3-2-15(24)10-17(16)28-26-7-6-25/h1-4,6-7,9-10,13,19,25,28H,5,8,11-12H2/b25-6?,26-7-. The van der Waals surface area contributed by atoms with E-state index >= 15 is 0 Å². The molecule has 10 heteroatoms. The number of amides is 1. The Hall–Kier alpha value is -3.46. The number of piperidine rings is 1. The number of aromatic nitrogens is 1. The maximum atomic E-state index is 13.7. The molecule has 0 radical (unpaired) electrons. The molecule has 0 bridgehead atoms. The molecule has 5 rings (SSSR count). The van der Waals surface area contributed by atoms with Crippen molar-refractivity contribution in [3.63, 3.8) is 0 Å². The van der Waals surface area contributed by atoms with Gasteiger partial charge in [-0.05, 0) is 42.8 Å². The summed E-state index contributed by atoms with van der Waals surface area (Å²) in [5.74, 6) is -0.220. The average molecular weight is 455 g/mol. The Kier molecular flexibility index (Phi) is 5.26. The number of carbonyl (C=O) groups excluding carboxylic acids is 1. The van der Waals surface area contributed by atoms with E-state index in [4.69, 9.17) is 21.4 Å². The normalized spacial score (nSPS) is 20.3. The number of anilines is 2. The first-order valence-corrected chi connectivity index (χ1v) is 10.6. The molecule has 3 heterocycles. The maximum Gasteiger partial charge on any atom is 0.298 e. The number of fused-ring (bicyclic) bond motifs is 2. The van der Waals surface area contributed by atoms with Crippen molar-refractivity contribution in [3.05, 3.63) is 52.8 Å². The highest BCUT2D eigenvalue weighted by atomic mass is 35.5. The number of oxazole rings is 1. The zero-order valence-corrected chi connectivity index (χ0v) is 17.7. The highest BCUT2D eigenvalue weighted by molar-refractivity contribution is 6.31. The molecule has 2 atom stereocenters. The fourth-order valence-corrected chi connectivity index (χ4v) is 4.49. The Morgan fingerprint density at radius 1 is 1.31 bits per heavy atom. The van der Waals surface area contributed by atoms with Crippen LogP contribution in [0.15, 0.2) is 45.9 Å². The van der Waals surface area contributed by atoms with Crippen molar-refractivity contribution < 1.29 is 13.6 Å². The summed E-state index contributed by atoms with van der Waals surface area (Å²) in [6, 6.07) is 9.89. The first-order chi connectivity index (χ1) is 15.5. The molecule has 1 aromatic heterocycles. The van der Waals surface area contributed by atoms with Crippen LogP contribution in [0.3, 0.4) is 0 Å². The molecule has 0 spiro atoms. The summed E-state index contributed by atoms with van der Waals surface area (Å²) in [6.07, 6.45) is 3.07. The predicted molar refractivity (Wildman–Crippen MR) is 121 cm³/mol. The summed E-state index contributed by atoms with van der Waals surface area (Å²) in [5, 5.41) is 11.4. The van der Waals surface area contributed by atoms with Gasteiger partial charge in [0.25, 0.3) is 11.9 Å². The molecule has 2 unspecified atom stereocenters. The largest absolute Gasteiger partial charge is 0.423 e. The highest BCUT2D eigenvalue weighted by Gasteiger charge is 2.45. The summed E-state index contributed by atoms with van der Waals surface area (Å²) < 4.78 is 19.7. The Bertz CT molecular complexity index is 1230. The number of halogens is 2. The first kappa shape index (κ1) is 20.4. The minimum absolute atomic E-state index is 0.101. The van der Waals surface area contributed by atoms with Gasteiger partial charge in [-0.2, -0.15) is 10.1 Å². The number of hydrogen-bond acceptors (Lipinski definition) is 7. The molecule has 2 saturated heterocycles. The lowest BCUT2D eigenvalue weighted by Crippen LogP contribution is -2.65. The minimum Gasteiger partial charge on any atom is -0.423 e. The van der Waals surface area contributed by atoms with E-state index in [9.17, 15) is 9.18 Å². The molecule has 3 aromatic rings. The van der Waals surface area contributed by atoms with Crippen molar-refractivity contribution in [1.82, 2.24) is 9.88 Å². The van der Waals surface area contributed by atoms with Crippen LogP contribution >= 0.6 is 11.6 Å². The van der Waals surface area contributed by atoms with E-state index in [0.29, 0.717) is 46.7 Å². The molecule has 0 aliphatic carbocycles. The lowest BCUT2D eigenvalue weighted by Gasteiger charge is -2.52. The van der Waals surface area contributed by atoms with Gasteiger partial charge < -0.3 is 19.6 Å². The van der Waals surface area contributed by atoms with Gasteiger partial charge in [-0.1, -0.05) is 11.6 Å². The van der Waals surface area contributed by atoms with Crippen molar-refractivity contribution in [2.45, 2.75) is 12.5 Å². The van der Waals surface area contributed by atoms with Gasteiger partial charge in [0.15, 0.2) is 5.58 Å². The van der Waals surface area contributed by atoms with Gasteiger partial charge in [-0.15, -0.1) is 0 Å². The van der Waals surface area contributed by atoms with Gasteiger partial charge in [0.1, 0.15) is 11.3 Å². The number of hydrazone groups is 1. The monoisotopic (exact) mass is 454 g/mol. The fraction of sp³-hybridized carbons (Fsp3) is 0.273. The summed E-state index contributed by atoms with van der Waals surface area (Å²) in [4.78, 5) is 21.7. The molecule has 2 fully saturated rings. The van der Waals surface area contributed by atoms with E-state index in [0.717, 1.165) is 19.2 Å². The summed E-state index contributed by atoms with van der Waals surface area (Å²) in [5.41, 5.74) is 4.61. The molecule has 0 saturated carbocycles. The topological polar surface area (TPSA) is 97.8 Å². The number of carbonyl (C=O) groups is 1. The second-order valence-corrected chi connectivity index (χ2v) is 8.31. The summed E-state index contributed by atoms with van der Waals surface area (Å²) >= 11 is 6.05. The minimum atomic E-state index is -0.478. The Morgan fingerprint density at radius 3 is 3.03 bits per heavy atom. The van der Waals surface area contributed by atoms with Crippen molar-refractivity contribution in [2.24, 2.45) is 11.0 Å². The van der Waals surface area contributed by atoms with E-state index in [1.165, 1.54) is 24.4 Å². The van der Waals surface area contributed by atoms with Gasteiger partial charge in [-0.3, -0.25) is 10.2 Å². The first-order valence-electron chi connectivity index (χ1n) is 10.2. The Labute approximate surface area is 188 Å². The molecule has 2 aromatic carbocycles. The third-order valence-electron chi connectivity index (χ3n) is 5.97. The molecule has 2 N–H and O–H groups in total. The smallest absolute Gasteiger partial charge is 0.298 e. The number of likely N-dealkylation sites (tertiary alicyclic amines) is 1. The van der Waals surface area contributed by atoms with Gasteiger partial charge >= 0.3 is 0 Å². The van der Waals surface area contributed by atoms with E-state index < -0.39 is 5.82 Å². The predicted octanol–water partition coefficient (Wildman–Crippen LogP) is 4.02. The van der Waals surface area contributed by atoms with Crippen LogP contribution < -0.4 is 10.3 Å². The molecule has 2 aliphatic rings. The van der Waals surface area contributed by atoms with E-state index in [1.54, 1.807) is 23.1 Å². The van der Waals surface area contributed by atoms with Crippen LogP contribution in [-0.2, 0) is 0 Å². The van der Waals surface area contributed by atoms with Crippen LogP contribution in [0.2, 0.25) is 5.02 Å². The van der Waals surface area contributed by atoms with Crippen LogP contribution in [0.4, 0.5) is 16.1 Å². The number of nitrogens with one attached hydrogen (secondary N) is 2. The average Bonchev–Trinajstić information content (AvgIpc) is 3.17. The fourth-order valence-electron chi connectivity index (χ4n) is 4.32.